The Bertz CT molecular complexity index is 714. The van der Waals surface area contributed by atoms with Crippen LogP contribution in [0.2, 0.25) is 0 Å². The number of rotatable bonds is 2. The van der Waals surface area contributed by atoms with Crippen molar-refractivity contribution in [3.63, 3.8) is 0 Å². The van der Waals surface area contributed by atoms with E-state index in [1.807, 2.05) is 6.07 Å². The zero-order valence-electron chi connectivity index (χ0n) is 10.0. The Morgan fingerprint density at radius 3 is 2.37 bits per heavy atom. The van der Waals surface area contributed by atoms with Crippen molar-refractivity contribution in [2.24, 2.45) is 0 Å². The molecule has 0 bridgehead atoms. The Hall–Kier alpha value is -2.36. The summed E-state index contributed by atoms with van der Waals surface area (Å²) in [5.74, 6) is -3.05. The molecule has 19 heavy (non-hydrogen) atoms. The Morgan fingerprint density at radius 1 is 0.947 bits per heavy atom. The van der Waals surface area contributed by atoms with E-state index in [4.69, 9.17) is 5.73 Å². The van der Waals surface area contributed by atoms with Crippen LogP contribution in [-0.2, 0) is 5.92 Å². The number of fused-ring (bicyclic) bond motifs is 1. The van der Waals surface area contributed by atoms with E-state index in [0.29, 0.717) is 16.6 Å². The number of anilines is 1. The molecule has 0 saturated carbocycles. The van der Waals surface area contributed by atoms with Gasteiger partial charge in [-0.1, -0.05) is 30.3 Å². The fraction of sp³-hybridized carbons (Fsp3) is 0.0667. The standard InChI is InChI=1S/C15H12F2N2/c16-15(17,10-5-7-11(18)8-6-10)13-9-19-14-4-2-1-3-12(13)14/h1-9,19H,18H2. The quantitative estimate of drug-likeness (QED) is 0.673. The lowest BCUT2D eigenvalue weighted by Crippen LogP contribution is -2.14. The van der Waals surface area contributed by atoms with Gasteiger partial charge in [-0.15, -0.1) is 0 Å². The van der Waals surface area contributed by atoms with Gasteiger partial charge in [0.15, 0.2) is 0 Å². The van der Waals surface area contributed by atoms with Crippen LogP contribution in [0, 0.1) is 0 Å². The van der Waals surface area contributed by atoms with Crippen molar-refractivity contribution in [1.29, 1.82) is 0 Å². The number of hydrogen-bond acceptors (Lipinski definition) is 1. The second-order valence-electron chi connectivity index (χ2n) is 4.44. The fourth-order valence-electron chi connectivity index (χ4n) is 2.18. The number of halogens is 2. The molecular formula is C15H12F2N2. The van der Waals surface area contributed by atoms with Gasteiger partial charge in [0.1, 0.15) is 0 Å². The molecule has 0 radical (unpaired) electrons. The number of H-pyrrole nitrogens is 1. The summed E-state index contributed by atoms with van der Waals surface area (Å²) in [7, 11) is 0. The molecule has 1 aromatic heterocycles. The van der Waals surface area contributed by atoms with Crippen LogP contribution in [-0.4, -0.2) is 4.98 Å². The van der Waals surface area contributed by atoms with Crippen molar-refractivity contribution >= 4 is 16.6 Å². The maximum absolute atomic E-state index is 14.5. The SMILES string of the molecule is Nc1ccc(C(F)(F)c2c[nH]c3ccccc23)cc1. The van der Waals surface area contributed by atoms with E-state index < -0.39 is 5.92 Å². The molecule has 1 heterocycles. The van der Waals surface area contributed by atoms with Crippen molar-refractivity contribution in [3.05, 3.63) is 65.9 Å². The van der Waals surface area contributed by atoms with Crippen LogP contribution in [0.15, 0.2) is 54.7 Å². The molecule has 3 rings (SSSR count). The van der Waals surface area contributed by atoms with Crippen LogP contribution in [0.1, 0.15) is 11.1 Å². The van der Waals surface area contributed by atoms with Crippen LogP contribution in [0.3, 0.4) is 0 Å². The molecule has 0 spiro atoms. The fourth-order valence-corrected chi connectivity index (χ4v) is 2.18. The maximum Gasteiger partial charge on any atom is 0.300 e. The number of aromatic nitrogens is 1. The molecule has 4 heteroatoms. The Labute approximate surface area is 108 Å². The van der Waals surface area contributed by atoms with Crippen LogP contribution >= 0.6 is 0 Å². The highest BCUT2D eigenvalue weighted by atomic mass is 19.3. The van der Waals surface area contributed by atoms with Crippen molar-refractivity contribution in [2.45, 2.75) is 5.92 Å². The molecule has 0 aliphatic heterocycles. The summed E-state index contributed by atoms with van der Waals surface area (Å²) in [6.45, 7) is 0. The number of nitrogens with one attached hydrogen (secondary N) is 1. The summed E-state index contributed by atoms with van der Waals surface area (Å²) in [5.41, 5.74) is 6.62. The zero-order chi connectivity index (χ0) is 13.5. The lowest BCUT2D eigenvalue weighted by atomic mass is 9.99. The van der Waals surface area contributed by atoms with E-state index in [0.717, 1.165) is 0 Å². The Morgan fingerprint density at radius 2 is 1.63 bits per heavy atom. The molecule has 0 aliphatic carbocycles. The highest BCUT2D eigenvalue weighted by Gasteiger charge is 2.36. The third-order valence-electron chi connectivity index (χ3n) is 3.20. The first kappa shape index (κ1) is 11.7. The second kappa shape index (κ2) is 4.09. The normalized spacial score (nSPS) is 11.9. The van der Waals surface area contributed by atoms with E-state index in [1.165, 1.54) is 30.5 Å². The van der Waals surface area contributed by atoms with E-state index in [9.17, 15) is 8.78 Å². The highest BCUT2D eigenvalue weighted by molar-refractivity contribution is 5.84. The van der Waals surface area contributed by atoms with Crippen LogP contribution in [0.25, 0.3) is 10.9 Å². The first-order valence-electron chi connectivity index (χ1n) is 5.89. The van der Waals surface area contributed by atoms with Gasteiger partial charge >= 0.3 is 5.92 Å². The molecule has 0 aliphatic rings. The monoisotopic (exact) mass is 258 g/mol. The molecule has 3 N–H and O–H groups in total. The third kappa shape index (κ3) is 1.85. The predicted octanol–water partition coefficient (Wildman–Crippen LogP) is 3.89. The van der Waals surface area contributed by atoms with Gasteiger partial charge in [0.05, 0.1) is 5.56 Å². The molecule has 0 amide bonds. The number of aromatic amines is 1. The number of hydrogen-bond donors (Lipinski definition) is 2. The predicted molar refractivity (Wildman–Crippen MR) is 72.1 cm³/mol. The van der Waals surface area contributed by atoms with Gasteiger partial charge in [0.25, 0.3) is 0 Å². The lowest BCUT2D eigenvalue weighted by molar-refractivity contribution is 0.0445. The van der Waals surface area contributed by atoms with E-state index in [-0.39, 0.29) is 11.1 Å². The molecule has 0 unspecified atom stereocenters. The summed E-state index contributed by atoms with van der Waals surface area (Å²) >= 11 is 0. The van der Waals surface area contributed by atoms with Crippen molar-refractivity contribution in [3.8, 4) is 0 Å². The largest absolute Gasteiger partial charge is 0.399 e. The van der Waals surface area contributed by atoms with Gasteiger partial charge < -0.3 is 10.7 Å². The van der Waals surface area contributed by atoms with Crippen molar-refractivity contribution in [1.82, 2.24) is 4.98 Å². The van der Waals surface area contributed by atoms with Gasteiger partial charge in [-0.05, 0) is 18.2 Å². The number of nitrogens with two attached hydrogens (primary N) is 1. The topological polar surface area (TPSA) is 41.8 Å². The number of para-hydroxylation sites is 1. The minimum absolute atomic E-state index is 0.0205. The third-order valence-corrected chi connectivity index (χ3v) is 3.20. The summed E-state index contributed by atoms with van der Waals surface area (Å²) in [4.78, 5) is 2.87. The molecule has 2 nitrogen and oxygen atoms in total. The summed E-state index contributed by atoms with van der Waals surface area (Å²) < 4.78 is 29.0. The molecule has 3 aromatic rings. The Balaban J connectivity index is 2.16. The average Bonchev–Trinajstić information content (AvgIpc) is 2.83. The zero-order valence-corrected chi connectivity index (χ0v) is 10.0. The molecular weight excluding hydrogens is 246 g/mol. The first-order valence-corrected chi connectivity index (χ1v) is 5.89. The number of benzene rings is 2. The van der Waals surface area contributed by atoms with E-state index >= 15 is 0 Å². The van der Waals surface area contributed by atoms with Crippen molar-refractivity contribution in [2.75, 3.05) is 5.73 Å². The van der Waals surface area contributed by atoms with E-state index in [2.05, 4.69) is 4.98 Å². The molecule has 0 atom stereocenters. The summed E-state index contributed by atoms with van der Waals surface area (Å²) in [6, 6.07) is 12.7. The van der Waals surface area contributed by atoms with Crippen LogP contribution < -0.4 is 5.73 Å². The van der Waals surface area contributed by atoms with Gasteiger partial charge in [0.2, 0.25) is 0 Å². The summed E-state index contributed by atoms with van der Waals surface area (Å²) in [5, 5.41) is 0.532. The van der Waals surface area contributed by atoms with E-state index in [1.54, 1.807) is 18.2 Å². The molecule has 0 fully saturated rings. The molecule has 2 aromatic carbocycles. The minimum atomic E-state index is -3.05. The van der Waals surface area contributed by atoms with Gasteiger partial charge in [-0.2, -0.15) is 8.78 Å². The van der Waals surface area contributed by atoms with Gasteiger partial charge in [-0.3, -0.25) is 0 Å². The molecule has 96 valence electrons. The maximum atomic E-state index is 14.5. The van der Waals surface area contributed by atoms with Gasteiger partial charge in [-0.25, -0.2) is 0 Å². The van der Waals surface area contributed by atoms with Gasteiger partial charge in [0, 0.05) is 28.4 Å². The average molecular weight is 258 g/mol. The summed E-state index contributed by atoms with van der Waals surface area (Å²) in [6.07, 6.45) is 1.36. The Kier molecular flexibility index (Phi) is 2.52. The second-order valence-corrected chi connectivity index (χ2v) is 4.44. The lowest BCUT2D eigenvalue weighted by Gasteiger charge is -2.16. The number of nitrogen functional groups attached to an aromatic ring is 1. The molecule has 0 saturated heterocycles. The minimum Gasteiger partial charge on any atom is -0.399 e. The van der Waals surface area contributed by atoms with Crippen molar-refractivity contribution < 1.29 is 8.78 Å². The van der Waals surface area contributed by atoms with Crippen LogP contribution in [0.5, 0.6) is 0 Å². The smallest absolute Gasteiger partial charge is 0.300 e. The number of alkyl halides is 2. The van der Waals surface area contributed by atoms with Crippen LogP contribution in [0.4, 0.5) is 14.5 Å². The first-order chi connectivity index (χ1) is 9.09. The highest BCUT2D eigenvalue weighted by Crippen LogP contribution is 2.39.